The molecule has 21 heavy (non-hydrogen) atoms. The maximum atomic E-state index is 12.8. The number of benzene rings is 1. The monoisotopic (exact) mass is 312 g/mol. The number of halogens is 1. The van der Waals surface area contributed by atoms with Crippen molar-refractivity contribution in [2.24, 2.45) is 5.73 Å². The molecule has 0 fully saturated rings. The first-order valence-corrected chi connectivity index (χ1v) is 8.28. The second-order valence-electron chi connectivity index (χ2n) is 5.75. The SMILES string of the molecule is CC(C)NC(C)(CCCCSc1ccc(F)cc1)C(N)=O. The molecule has 0 aliphatic heterocycles. The lowest BCUT2D eigenvalue weighted by Crippen LogP contribution is -2.55. The van der Waals surface area contributed by atoms with Crippen molar-refractivity contribution < 1.29 is 9.18 Å². The van der Waals surface area contributed by atoms with Crippen molar-refractivity contribution in [3.8, 4) is 0 Å². The summed E-state index contributed by atoms with van der Waals surface area (Å²) in [7, 11) is 0. The van der Waals surface area contributed by atoms with Crippen LogP contribution in [0.4, 0.5) is 4.39 Å². The molecule has 0 aliphatic carbocycles. The van der Waals surface area contributed by atoms with Crippen molar-refractivity contribution in [3.05, 3.63) is 30.1 Å². The van der Waals surface area contributed by atoms with Crippen LogP contribution in [-0.4, -0.2) is 23.2 Å². The number of thioether (sulfide) groups is 1. The summed E-state index contributed by atoms with van der Waals surface area (Å²) >= 11 is 1.70. The molecule has 0 aromatic heterocycles. The van der Waals surface area contributed by atoms with Gasteiger partial charge in [0.2, 0.25) is 5.91 Å². The van der Waals surface area contributed by atoms with Gasteiger partial charge in [0, 0.05) is 10.9 Å². The molecule has 1 aromatic carbocycles. The second kappa shape index (κ2) is 8.39. The molecule has 3 nitrogen and oxygen atoms in total. The van der Waals surface area contributed by atoms with E-state index in [1.54, 1.807) is 23.9 Å². The Morgan fingerprint density at radius 1 is 1.33 bits per heavy atom. The zero-order valence-corrected chi connectivity index (χ0v) is 13.8. The lowest BCUT2D eigenvalue weighted by molar-refractivity contribution is -0.124. The highest BCUT2D eigenvalue weighted by molar-refractivity contribution is 7.99. The van der Waals surface area contributed by atoms with E-state index < -0.39 is 5.54 Å². The summed E-state index contributed by atoms with van der Waals surface area (Å²) in [6.45, 7) is 5.87. The van der Waals surface area contributed by atoms with E-state index in [0.717, 1.165) is 29.9 Å². The van der Waals surface area contributed by atoms with Crippen molar-refractivity contribution in [2.45, 2.75) is 56.5 Å². The van der Waals surface area contributed by atoms with Crippen LogP contribution in [0.5, 0.6) is 0 Å². The van der Waals surface area contributed by atoms with E-state index in [2.05, 4.69) is 5.32 Å². The zero-order valence-electron chi connectivity index (χ0n) is 13.0. The molecular formula is C16H25FN2OS. The summed E-state index contributed by atoms with van der Waals surface area (Å²) in [5.41, 5.74) is 4.85. The fourth-order valence-corrected chi connectivity index (χ4v) is 3.12. The third kappa shape index (κ3) is 6.48. The van der Waals surface area contributed by atoms with Crippen LogP contribution in [0.2, 0.25) is 0 Å². The quantitative estimate of drug-likeness (QED) is 0.543. The molecule has 1 unspecified atom stereocenters. The number of primary amides is 1. The molecule has 5 heteroatoms. The Kier molecular flexibility index (Phi) is 7.18. The smallest absolute Gasteiger partial charge is 0.237 e. The Morgan fingerprint density at radius 2 is 1.95 bits per heavy atom. The van der Waals surface area contributed by atoms with Crippen LogP contribution < -0.4 is 11.1 Å². The van der Waals surface area contributed by atoms with Gasteiger partial charge >= 0.3 is 0 Å². The van der Waals surface area contributed by atoms with E-state index in [9.17, 15) is 9.18 Å². The number of hydrogen-bond acceptors (Lipinski definition) is 3. The Bertz CT molecular complexity index is 450. The van der Waals surface area contributed by atoms with Crippen molar-refractivity contribution in [2.75, 3.05) is 5.75 Å². The van der Waals surface area contributed by atoms with Crippen molar-refractivity contribution >= 4 is 17.7 Å². The number of nitrogens with two attached hydrogens (primary N) is 1. The predicted octanol–water partition coefficient (Wildman–Crippen LogP) is 3.33. The second-order valence-corrected chi connectivity index (χ2v) is 6.92. The van der Waals surface area contributed by atoms with Crippen molar-refractivity contribution in [1.82, 2.24) is 5.32 Å². The van der Waals surface area contributed by atoms with Gasteiger partial charge in [0.1, 0.15) is 5.82 Å². The largest absolute Gasteiger partial charge is 0.368 e. The minimum atomic E-state index is -0.644. The van der Waals surface area contributed by atoms with Crippen LogP contribution >= 0.6 is 11.8 Å². The summed E-state index contributed by atoms with van der Waals surface area (Å²) in [4.78, 5) is 12.7. The fourth-order valence-electron chi connectivity index (χ4n) is 2.21. The Morgan fingerprint density at radius 3 is 2.48 bits per heavy atom. The highest BCUT2D eigenvalue weighted by atomic mass is 32.2. The number of rotatable bonds is 9. The van der Waals surface area contributed by atoms with E-state index in [0.29, 0.717) is 0 Å². The van der Waals surface area contributed by atoms with Gasteiger partial charge in [-0.15, -0.1) is 11.8 Å². The van der Waals surface area contributed by atoms with E-state index in [1.807, 2.05) is 20.8 Å². The molecule has 0 saturated carbocycles. The molecule has 1 rings (SSSR count). The van der Waals surface area contributed by atoms with Crippen LogP contribution in [0, 0.1) is 5.82 Å². The summed E-state index contributed by atoms with van der Waals surface area (Å²) in [6, 6.07) is 6.73. The number of carbonyl (C=O) groups is 1. The molecule has 1 aromatic rings. The van der Waals surface area contributed by atoms with Gasteiger partial charge in [0.15, 0.2) is 0 Å². The van der Waals surface area contributed by atoms with E-state index >= 15 is 0 Å². The van der Waals surface area contributed by atoms with Crippen LogP contribution in [0.25, 0.3) is 0 Å². The van der Waals surface area contributed by atoms with Gasteiger partial charge in [-0.25, -0.2) is 4.39 Å². The number of hydrogen-bond donors (Lipinski definition) is 2. The standard InChI is InChI=1S/C16H25FN2OS/c1-12(2)19-16(3,15(18)20)10-4-5-11-21-14-8-6-13(17)7-9-14/h6-9,12,19H,4-5,10-11H2,1-3H3,(H2,18,20). The number of unbranched alkanes of at least 4 members (excludes halogenated alkanes) is 1. The molecule has 0 radical (unpaired) electrons. The molecule has 1 atom stereocenters. The maximum Gasteiger partial charge on any atom is 0.237 e. The predicted molar refractivity (Wildman–Crippen MR) is 86.8 cm³/mol. The van der Waals surface area contributed by atoms with Gasteiger partial charge in [-0.1, -0.05) is 6.42 Å². The van der Waals surface area contributed by atoms with Gasteiger partial charge in [-0.3, -0.25) is 4.79 Å². The van der Waals surface area contributed by atoms with E-state index in [1.165, 1.54) is 12.1 Å². The van der Waals surface area contributed by atoms with Gasteiger partial charge in [0.05, 0.1) is 5.54 Å². The molecule has 0 saturated heterocycles. The minimum absolute atomic E-state index is 0.212. The molecular weight excluding hydrogens is 287 g/mol. The van der Waals surface area contributed by atoms with Crippen LogP contribution in [0.1, 0.15) is 40.0 Å². The fraction of sp³-hybridized carbons (Fsp3) is 0.562. The normalized spacial score (nSPS) is 14.1. The van der Waals surface area contributed by atoms with Gasteiger partial charge in [-0.05, 0) is 63.6 Å². The number of amides is 1. The number of nitrogens with one attached hydrogen (secondary N) is 1. The lowest BCUT2D eigenvalue weighted by atomic mass is 9.93. The third-order valence-electron chi connectivity index (χ3n) is 3.30. The van der Waals surface area contributed by atoms with Crippen LogP contribution in [0.15, 0.2) is 29.2 Å². The molecule has 3 N–H and O–H groups in total. The Hall–Kier alpha value is -1.07. The molecule has 0 heterocycles. The average molecular weight is 312 g/mol. The first-order chi connectivity index (χ1) is 9.83. The first-order valence-electron chi connectivity index (χ1n) is 7.29. The van der Waals surface area contributed by atoms with Crippen molar-refractivity contribution in [1.29, 1.82) is 0 Å². The highest BCUT2D eigenvalue weighted by Gasteiger charge is 2.30. The van der Waals surface area contributed by atoms with Gasteiger partial charge < -0.3 is 11.1 Å². The molecule has 0 bridgehead atoms. The van der Waals surface area contributed by atoms with E-state index in [-0.39, 0.29) is 17.8 Å². The highest BCUT2D eigenvalue weighted by Crippen LogP contribution is 2.21. The Labute approximate surface area is 130 Å². The molecule has 1 amide bonds. The topological polar surface area (TPSA) is 55.1 Å². The summed E-state index contributed by atoms with van der Waals surface area (Å²) < 4.78 is 12.8. The molecule has 0 spiro atoms. The summed E-state index contributed by atoms with van der Waals surface area (Å²) in [6.07, 6.45) is 2.64. The van der Waals surface area contributed by atoms with Gasteiger partial charge in [0.25, 0.3) is 0 Å². The summed E-state index contributed by atoms with van der Waals surface area (Å²) in [5, 5.41) is 3.25. The van der Waals surface area contributed by atoms with E-state index in [4.69, 9.17) is 5.73 Å². The maximum absolute atomic E-state index is 12.8. The zero-order chi connectivity index (χ0) is 15.9. The third-order valence-corrected chi connectivity index (χ3v) is 4.40. The molecule has 118 valence electrons. The summed E-state index contributed by atoms with van der Waals surface area (Å²) in [5.74, 6) is 0.432. The first kappa shape index (κ1) is 18.0. The number of carbonyl (C=O) groups excluding carboxylic acids is 1. The minimum Gasteiger partial charge on any atom is -0.368 e. The van der Waals surface area contributed by atoms with Crippen LogP contribution in [0.3, 0.4) is 0 Å². The van der Waals surface area contributed by atoms with Crippen molar-refractivity contribution in [3.63, 3.8) is 0 Å². The lowest BCUT2D eigenvalue weighted by Gasteiger charge is -2.29. The Balaban J connectivity index is 2.31. The van der Waals surface area contributed by atoms with Crippen LogP contribution in [-0.2, 0) is 4.79 Å². The van der Waals surface area contributed by atoms with Gasteiger partial charge in [-0.2, -0.15) is 0 Å². The molecule has 0 aliphatic rings. The average Bonchev–Trinajstić information content (AvgIpc) is 2.39.